The van der Waals surface area contributed by atoms with Gasteiger partial charge >= 0.3 is 13.7 Å². The zero-order valence-corrected chi connectivity index (χ0v) is 21.4. The number of halogens is 2. The first-order valence-electron chi connectivity index (χ1n) is 12.3. The number of ether oxygens (including phenoxy) is 1. The molecule has 13 heteroatoms. The van der Waals surface area contributed by atoms with Crippen molar-refractivity contribution in [1.82, 2.24) is 14.5 Å². The molecule has 6 rings (SSSR count). The van der Waals surface area contributed by atoms with Gasteiger partial charge in [-0.05, 0) is 57.4 Å². The van der Waals surface area contributed by atoms with Crippen LogP contribution in [0, 0.1) is 0 Å². The van der Waals surface area contributed by atoms with Crippen LogP contribution in [0.2, 0.25) is 0 Å². The number of benzene rings is 2. The Bertz CT molecular complexity index is 1460. The number of imidazole rings is 1. The topological polar surface area (TPSA) is 65.8 Å². The Labute approximate surface area is 223 Å². The largest absolute Gasteiger partial charge is 0.494 e. The number of fused-ring (bicyclic) bond motifs is 9. The van der Waals surface area contributed by atoms with Crippen molar-refractivity contribution in [3.63, 3.8) is 0 Å². The third-order valence-corrected chi connectivity index (χ3v) is 8.12. The number of amides is 1. The Hall–Kier alpha value is -2.78. The first-order valence-corrected chi connectivity index (χ1v) is 12.3. The number of carbonyl (C=O) groups is 1. The van der Waals surface area contributed by atoms with E-state index < -0.39 is 48.2 Å². The van der Waals surface area contributed by atoms with Crippen molar-refractivity contribution in [3.8, 4) is 5.75 Å². The summed E-state index contributed by atoms with van der Waals surface area (Å²) in [6, 6.07) is 8.76. The molecule has 0 N–H and O–H groups in total. The molecule has 38 heavy (non-hydrogen) atoms. The zero-order chi connectivity index (χ0) is 27.4. The average Bonchev–Trinajstić information content (AvgIpc) is 3.37. The van der Waals surface area contributed by atoms with Crippen molar-refractivity contribution in [3.05, 3.63) is 53.3 Å². The van der Waals surface area contributed by atoms with Crippen molar-refractivity contribution < 1.29 is 27.6 Å². The van der Waals surface area contributed by atoms with Crippen LogP contribution in [0.25, 0.3) is 11.0 Å². The molecule has 1 amide bonds. The van der Waals surface area contributed by atoms with Crippen molar-refractivity contribution in [2.45, 2.75) is 69.3 Å². The van der Waals surface area contributed by atoms with Crippen LogP contribution in [0.4, 0.5) is 8.78 Å². The van der Waals surface area contributed by atoms with Gasteiger partial charge < -0.3 is 23.5 Å². The van der Waals surface area contributed by atoms with Crippen LogP contribution < -0.4 is 10.2 Å². The van der Waals surface area contributed by atoms with Crippen LogP contribution in [0.15, 0.2) is 36.4 Å². The minimum atomic E-state index is -3.08. The molecule has 3 aliphatic heterocycles. The SMILES string of the molecule is [B]C([B])([B])N1C(=O)c2cccc(OC(F)F)c2C2CC1c1nc3ccc(B4OC(C)(C)C(C)(C)O4)cc3n12. The molecule has 0 saturated carbocycles. The maximum absolute atomic E-state index is 13.7. The van der Waals surface area contributed by atoms with Crippen LogP contribution >= 0.6 is 0 Å². The second-order valence-electron chi connectivity index (χ2n) is 11.1. The molecule has 188 valence electrons. The predicted molar refractivity (Wildman–Crippen MR) is 140 cm³/mol. The molecule has 3 aliphatic rings. The normalized spacial score (nSPS) is 23.6. The van der Waals surface area contributed by atoms with Crippen LogP contribution in [0.3, 0.4) is 0 Å². The van der Waals surface area contributed by atoms with E-state index in [4.69, 9.17) is 42.6 Å². The molecule has 2 aromatic carbocycles. The number of hydrogen-bond acceptors (Lipinski definition) is 5. The predicted octanol–water partition coefficient (Wildman–Crippen LogP) is 2.54. The fourth-order valence-corrected chi connectivity index (χ4v) is 5.70. The molecule has 2 bridgehead atoms. The van der Waals surface area contributed by atoms with Crippen LogP contribution in [-0.2, 0) is 9.31 Å². The molecule has 4 heterocycles. The Morgan fingerprint density at radius 1 is 1.11 bits per heavy atom. The van der Waals surface area contributed by atoms with Gasteiger partial charge in [0.2, 0.25) is 0 Å². The molecule has 2 atom stereocenters. The lowest BCUT2D eigenvalue weighted by molar-refractivity contribution is -0.0507. The van der Waals surface area contributed by atoms with E-state index in [9.17, 15) is 13.6 Å². The molecule has 7 nitrogen and oxygen atoms in total. The Kier molecular flexibility index (Phi) is 5.44. The smallest absolute Gasteiger partial charge is 0.434 e. The molecule has 6 radical (unpaired) electrons. The van der Waals surface area contributed by atoms with Gasteiger partial charge in [0, 0.05) is 17.5 Å². The van der Waals surface area contributed by atoms with Gasteiger partial charge in [-0.2, -0.15) is 8.78 Å². The number of rotatable bonds is 4. The minimum absolute atomic E-state index is 0.107. The summed E-state index contributed by atoms with van der Waals surface area (Å²) in [5.74, 6) is -0.200. The fraction of sp³-hybridized carbons (Fsp3) is 0.440. The molecular weight excluding hydrogens is 488 g/mol. The summed E-state index contributed by atoms with van der Waals surface area (Å²) in [6.45, 7) is 4.81. The fourth-order valence-electron chi connectivity index (χ4n) is 5.70. The third kappa shape index (κ3) is 3.65. The lowest BCUT2D eigenvalue weighted by Crippen LogP contribution is -2.54. The van der Waals surface area contributed by atoms with Crippen LogP contribution in [0.5, 0.6) is 5.75 Å². The Balaban J connectivity index is 1.56. The highest BCUT2D eigenvalue weighted by atomic mass is 19.3. The molecule has 0 spiro atoms. The first-order chi connectivity index (χ1) is 17.7. The van der Waals surface area contributed by atoms with E-state index in [1.54, 1.807) is 0 Å². The number of nitrogens with zero attached hydrogens (tertiary/aromatic N) is 3. The van der Waals surface area contributed by atoms with E-state index in [1.165, 1.54) is 18.2 Å². The standard InChI is InChI=1S/C25H23B4F2N3O4/c1-23(2)24(3,4)38-29(37-23)12-8-9-14-15(10-12)33-16-11-17(20(33)32-14)34(25(26,27)28)21(35)13-6-5-7-18(19(13)16)36-22(30)31/h5-10,16-17,22H,11H2,1-4H3. The second kappa shape index (κ2) is 8.11. The van der Waals surface area contributed by atoms with Crippen LogP contribution in [0.1, 0.15) is 67.9 Å². The maximum atomic E-state index is 13.7. The monoisotopic (exact) mass is 511 g/mol. The van der Waals surface area contributed by atoms with E-state index in [0.717, 1.165) is 10.4 Å². The minimum Gasteiger partial charge on any atom is -0.434 e. The molecule has 2 unspecified atom stereocenters. The summed E-state index contributed by atoms with van der Waals surface area (Å²) in [6.07, 6.45) is 0.273. The lowest BCUT2D eigenvalue weighted by atomic mass is 9.48. The molecule has 0 aliphatic carbocycles. The van der Waals surface area contributed by atoms with Gasteiger partial charge in [-0.25, -0.2) is 4.98 Å². The van der Waals surface area contributed by atoms with E-state index in [-0.39, 0.29) is 17.7 Å². The summed E-state index contributed by atoms with van der Waals surface area (Å²) < 4.78 is 46.1. The summed E-state index contributed by atoms with van der Waals surface area (Å²) in [5.41, 5.74) is 1.49. The van der Waals surface area contributed by atoms with Gasteiger partial charge in [-0.1, -0.05) is 17.4 Å². The quantitative estimate of drug-likeness (QED) is 0.505. The summed E-state index contributed by atoms with van der Waals surface area (Å²) in [5, 5.41) is -2.03. The third-order valence-electron chi connectivity index (χ3n) is 8.12. The summed E-state index contributed by atoms with van der Waals surface area (Å²) in [7, 11) is 17.6. The number of aromatic nitrogens is 2. The number of alkyl halides is 2. The van der Waals surface area contributed by atoms with Crippen LogP contribution in [-0.4, -0.2) is 74.1 Å². The van der Waals surface area contributed by atoms with E-state index >= 15 is 0 Å². The maximum Gasteiger partial charge on any atom is 0.494 e. The van der Waals surface area contributed by atoms with Crippen molar-refractivity contribution in [2.24, 2.45) is 0 Å². The highest BCUT2D eigenvalue weighted by Gasteiger charge is 2.52. The molecule has 1 saturated heterocycles. The average molecular weight is 511 g/mol. The summed E-state index contributed by atoms with van der Waals surface area (Å²) in [4.78, 5) is 19.6. The summed E-state index contributed by atoms with van der Waals surface area (Å²) >= 11 is 0. The van der Waals surface area contributed by atoms with Crippen molar-refractivity contribution in [1.29, 1.82) is 0 Å². The second-order valence-corrected chi connectivity index (χ2v) is 11.1. The van der Waals surface area contributed by atoms with E-state index in [2.05, 4.69) is 0 Å². The van der Waals surface area contributed by atoms with Crippen molar-refractivity contribution in [2.75, 3.05) is 0 Å². The number of carbonyl (C=O) groups excluding carboxylic acids is 1. The molecule has 3 aromatic rings. The first kappa shape index (κ1) is 25.5. The highest BCUT2D eigenvalue weighted by Crippen LogP contribution is 2.51. The Morgan fingerprint density at radius 2 is 1.79 bits per heavy atom. The van der Waals surface area contributed by atoms with Gasteiger partial charge in [0.15, 0.2) is 0 Å². The van der Waals surface area contributed by atoms with Gasteiger partial charge in [0.1, 0.15) is 11.6 Å². The highest BCUT2D eigenvalue weighted by molar-refractivity contribution is 6.62. The molecular formula is C25H23B4F2N3O4. The van der Waals surface area contributed by atoms with Gasteiger partial charge in [0.25, 0.3) is 5.91 Å². The Morgan fingerprint density at radius 3 is 2.42 bits per heavy atom. The zero-order valence-electron chi connectivity index (χ0n) is 21.4. The molecule has 1 fully saturated rings. The van der Waals surface area contributed by atoms with E-state index in [0.29, 0.717) is 22.4 Å². The lowest BCUT2D eigenvalue weighted by Gasteiger charge is -2.41. The van der Waals surface area contributed by atoms with E-state index in [1.807, 2.05) is 50.5 Å². The van der Waals surface area contributed by atoms with Gasteiger partial charge in [-0.3, -0.25) is 4.79 Å². The molecule has 1 aromatic heterocycles. The van der Waals surface area contributed by atoms with Gasteiger partial charge in [-0.15, -0.1) is 0 Å². The van der Waals surface area contributed by atoms with Crippen molar-refractivity contribution >= 4 is 53.1 Å². The number of hydrogen-bond donors (Lipinski definition) is 0. The van der Waals surface area contributed by atoms with Gasteiger partial charge in [0.05, 0.1) is 57.9 Å².